The molecule has 0 spiro atoms. The summed E-state index contributed by atoms with van der Waals surface area (Å²) in [5.74, 6) is 6.97. The number of nitrogens with zero attached hydrogens (tertiary/aromatic N) is 5. The van der Waals surface area contributed by atoms with Gasteiger partial charge in [-0.15, -0.1) is 10.2 Å². The summed E-state index contributed by atoms with van der Waals surface area (Å²) in [6, 6.07) is 11.9. The van der Waals surface area contributed by atoms with Gasteiger partial charge in [0.1, 0.15) is 0 Å². The Bertz CT molecular complexity index is 926. The van der Waals surface area contributed by atoms with Gasteiger partial charge < -0.3 is 10.7 Å². The number of pyridine rings is 1. The summed E-state index contributed by atoms with van der Waals surface area (Å²) < 4.78 is 1.40. The Morgan fingerprint density at radius 3 is 2.81 bits per heavy atom. The number of rotatable bonds is 4. The molecule has 0 saturated carbocycles. The third-order valence-electron chi connectivity index (χ3n) is 4.39. The summed E-state index contributed by atoms with van der Waals surface area (Å²) in [5.41, 5.74) is 3.33. The number of nitrogen functional groups attached to an aromatic ring is 1. The number of carbonyl (C=O) groups is 1. The van der Waals surface area contributed by atoms with E-state index in [1.165, 1.54) is 27.6 Å². The second-order valence-corrected chi connectivity index (χ2v) is 6.98. The van der Waals surface area contributed by atoms with Crippen LogP contribution in [0.15, 0.2) is 53.9 Å². The average molecular weight is 366 g/mol. The second kappa shape index (κ2) is 7.17. The molecule has 0 bridgehead atoms. The topological polar surface area (TPSA) is 89.9 Å². The Balaban J connectivity index is 1.41. The lowest BCUT2D eigenvalue weighted by Crippen LogP contribution is -2.37. The van der Waals surface area contributed by atoms with Crippen molar-refractivity contribution in [2.24, 2.45) is 0 Å². The molecule has 1 amide bonds. The summed E-state index contributed by atoms with van der Waals surface area (Å²) in [5, 5.41) is 8.71. The van der Waals surface area contributed by atoms with Crippen LogP contribution in [0.5, 0.6) is 0 Å². The van der Waals surface area contributed by atoms with Gasteiger partial charge in [0, 0.05) is 31.0 Å². The highest BCUT2D eigenvalue weighted by Gasteiger charge is 2.21. The lowest BCUT2D eigenvalue weighted by Gasteiger charge is -2.28. The van der Waals surface area contributed by atoms with Gasteiger partial charge in [-0.3, -0.25) is 9.78 Å². The zero-order valence-corrected chi connectivity index (χ0v) is 14.9. The Morgan fingerprint density at radius 1 is 1.15 bits per heavy atom. The van der Waals surface area contributed by atoms with Crippen LogP contribution >= 0.6 is 11.8 Å². The van der Waals surface area contributed by atoms with Crippen LogP contribution in [0.2, 0.25) is 0 Å². The van der Waals surface area contributed by atoms with Crippen molar-refractivity contribution < 1.29 is 4.79 Å². The summed E-state index contributed by atoms with van der Waals surface area (Å²) in [6.07, 6.45) is 4.26. The number of thioether (sulfide) groups is 1. The molecule has 0 unspecified atom stereocenters. The maximum atomic E-state index is 12.6. The molecule has 0 fully saturated rings. The van der Waals surface area contributed by atoms with Crippen molar-refractivity contribution in [1.29, 1.82) is 0 Å². The number of hydrogen-bond acceptors (Lipinski definition) is 6. The van der Waals surface area contributed by atoms with E-state index in [-0.39, 0.29) is 11.7 Å². The van der Waals surface area contributed by atoms with E-state index in [2.05, 4.69) is 27.3 Å². The smallest absolute Gasteiger partial charge is 0.233 e. The van der Waals surface area contributed by atoms with Crippen molar-refractivity contribution in [2.45, 2.75) is 18.1 Å². The van der Waals surface area contributed by atoms with E-state index in [1.54, 1.807) is 12.4 Å². The van der Waals surface area contributed by atoms with Crippen LogP contribution in [0, 0.1) is 0 Å². The number of benzene rings is 1. The molecular formula is C18H18N6OS. The zero-order valence-electron chi connectivity index (χ0n) is 14.1. The van der Waals surface area contributed by atoms with Crippen molar-refractivity contribution in [2.75, 3.05) is 18.1 Å². The minimum Gasteiger partial charge on any atom is -0.337 e. The van der Waals surface area contributed by atoms with Gasteiger partial charge in [-0.1, -0.05) is 36.0 Å². The first kappa shape index (κ1) is 16.6. The highest BCUT2D eigenvalue weighted by molar-refractivity contribution is 7.99. The monoisotopic (exact) mass is 366 g/mol. The van der Waals surface area contributed by atoms with Gasteiger partial charge in [-0.05, 0) is 29.7 Å². The summed E-state index contributed by atoms with van der Waals surface area (Å²) in [6.45, 7) is 1.40. The second-order valence-electron chi connectivity index (χ2n) is 6.04. The van der Waals surface area contributed by atoms with E-state index in [9.17, 15) is 4.79 Å². The molecule has 0 aliphatic carbocycles. The molecular weight excluding hydrogens is 348 g/mol. The van der Waals surface area contributed by atoms with E-state index in [1.807, 2.05) is 29.2 Å². The molecule has 0 saturated heterocycles. The number of hydrogen-bond donors (Lipinski definition) is 1. The van der Waals surface area contributed by atoms with Crippen LogP contribution < -0.4 is 5.84 Å². The zero-order chi connectivity index (χ0) is 17.9. The van der Waals surface area contributed by atoms with Gasteiger partial charge >= 0.3 is 0 Å². The highest BCUT2D eigenvalue weighted by atomic mass is 32.2. The lowest BCUT2D eigenvalue weighted by molar-refractivity contribution is -0.129. The van der Waals surface area contributed by atoms with Crippen LogP contribution in [-0.4, -0.2) is 43.0 Å². The first-order valence-electron chi connectivity index (χ1n) is 8.30. The molecule has 0 radical (unpaired) electrons. The Labute approximate surface area is 155 Å². The van der Waals surface area contributed by atoms with E-state index < -0.39 is 0 Å². The predicted octanol–water partition coefficient (Wildman–Crippen LogP) is 1.73. The summed E-state index contributed by atoms with van der Waals surface area (Å²) in [4.78, 5) is 18.5. The molecule has 2 N–H and O–H groups in total. The molecule has 132 valence electrons. The Hall–Kier alpha value is -2.87. The molecule has 8 heteroatoms. The van der Waals surface area contributed by atoms with Gasteiger partial charge in [0.25, 0.3) is 0 Å². The molecule has 4 rings (SSSR count). The SMILES string of the molecule is Nn1c(SCC(=O)N2CCc3ccccc3C2)nnc1-c1cccnc1. The van der Waals surface area contributed by atoms with Gasteiger partial charge in [0.15, 0.2) is 5.82 Å². The van der Waals surface area contributed by atoms with E-state index in [0.717, 1.165) is 18.5 Å². The quantitative estimate of drug-likeness (QED) is 0.559. The highest BCUT2D eigenvalue weighted by Crippen LogP contribution is 2.23. The normalized spacial score (nSPS) is 13.5. The number of aromatic nitrogens is 4. The third kappa shape index (κ3) is 3.28. The van der Waals surface area contributed by atoms with E-state index in [4.69, 9.17) is 5.84 Å². The molecule has 7 nitrogen and oxygen atoms in total. The van der Waals surface area contributed by atoms with E-state index >= 15 is 0 Å². The maximum Gasteiger partial charge on any atom is 0.233 e. The largest absolute Gasteiger partial charge is 0.337 e. The molecule has 3 aromatic rings. The van der Waals surface area contributed by atoms with Gasteiger partial charge in [0.2, 0.25) is 11.1 Å². The van der Waals surface area contributed by atoms with Gasteiger partial charge in [-0.25, -0.2) is 4.68 Å². The van der Waals surface area contributed by atoms with Crippen molar-refractivity contribution in [3.8, 4) is 11.4 Å². The first-order chi connectivity index (χ1) is 12.7. The first-order valence-corrected chi connectivity index (χ1v) is 9.29. The Morgan fingerprint density at radius 2 is 2.00 bits per heavy atom. The number of carbonyl (C=O) groups excluding carboxylic acids is 1. The van der Waals surface area contributed by atoms with Crippen molar-refractivity contribution >= 4 is 17.7 Å². The maximum absolute atomic E-state index is 12.6. The summed E-state index contributed by atoms with van der Waals surface area (Å²) in [7, 11) is 0. The molecule has 26 heavy (non-hydrogen) atoms. The molecule has 1 aliphatic rings. The fraction of sp³-hybridized carbons (Fsp3) is 0.222. The van der Waals surface area contributed by atoms with Crippen LogP contribution in [0.3, 0.4) is 0 Å². The average Bonchev–Trinajstić information content (AvgIpc) is 3.07. The number of fused-ring (bicyclic) bond motifs is 1. The van der Waals surface area contributed by atoms with E-state index in [0.29, 0.717) is 17.5 Å². The van der Waals surface area contributed by atoms with Gasteiger partial charge in [-0.2, -0.15) is 0 Å². The number of nitrogens with two attached hydrogens (primary N) is 1. The minimum absolute atomic E-state index is 0.0791. The van der Waals surface area contributed by atoms with Crippen LogP contribution in [0.1, 0.15) is 11.1 Å². The van der Waals surface area contributed by atoms with Crippen molar-refractivity contribution in [1.82, 2.24) is 24.8 Å². The predicted molar refractivity (Wildman–Crippen MR) is 99.7 cm³/mol. The minimum atomic E-state index is 0.0791. The number of amides is 1. The molecule has 0 atom stereocenters. The molecule has 2 aromatic heterocycles. The molecule has 3 heterocycles. The third-order valence-corrected chi connectivity index (χ3v) is 5.32. The summed E-state index contributed by atoms with van der Waals surface area (Å²) >= 11 is 1.30. The van der Waals surface area contributed by atoms with Crippen molar-refractivity contribution in [3.63, 3.8) is 0 Å². The van der Waals surface area contributed by atoms with Gasteiger partial charge in [0.05, 0.1) is 5.75 Å². The molecule has 1 aliphatic heterocycles. The fourth-order valence-electron chi connectivity index (χ4n) is 2.99. The Kier molecular flexibility index (Phi) is 4.57. The van der Waals surface area contributed by atoms with Crippen molar-refractivity contribution in [3.05, 3.63) is 59.9 Å². The van der Waals surface area contributed by atoms with Crippen LogP contribution in [0.25, 0.3) is 11.4 Å². The lowest BCUT2D eigenvalue weighted by atomic mass is 10.00. The van der Waals surface area contributed by atoms with Crippen LogP contribution in [-0.2, 0) is 17.8 Å². The standard InChI is InChI=1S/C18H18N6OS/c19-24-17(14-6-3-8-20-10-14)21-22-18(24)26-12-16(25)23-9-7-13-4-1-2-5-15(13)11-23/h1-6,8,10H,7,9,11-12,19H2. The van der Waals surface area contributed by atoms with Crippen LogP contribution in [0.4, 0.5) is 0 Å². The molecule has 1 aromatic carbocycles. The fourth-order valence-corrected chi connectivity index (χ4v) is 3.75.